The van der Waals surface area contributed by atoms with E-state index in [0.29, 0.717) is 5.75 Å². The zero-order valence-electron chi connectivity index (χ0n) is 14.3. The number of para-hydroxylation sites is 1. The summed E-state index contributed by atoms with van der Waals surface area (Å²) in [6.07, 6.45) is 0. The van der Waals surface area contributed by atoms with Gasteiger partial charge in [-0.25, -0.2) is 4.79 Å². The number of aromatic carboxylic acids is 1. The van der Waals surface area contributed by atoms with Gasteiger partial charge in [-0.3, -0.25) is 4.79 Å². The number of hydrogen-bond donors (Lipinski definition) is 2. The monoisotopic (exact) mass is 405 g/mol. The lowest BCUT2D eigenvalue weighted by atomic mass is 10.0. The van der Waals surface area contributed by atoms with Crippen molar-refractivity contribution in [3.8, 4) is 5.75 Å². The highest BCUT2D eigenvalue weighted by atomic mass is 79.9. The van der Waals surface area contributed by atoms with Gasteiger partial charge in [0.1, 0.15) is 5.75 Å². The fraction of sp³-hybridized carbons (Fsp3) is 0.263. The Hall–Kier alpha value is -2.34. The van der Waals surface area contributed by atoms with Crippen LogP contribution in [0.2, 0.25) is 0 Å². The maximum atomic E-state index is 12.2. The molecule has 2 aromatic carbocycles. The normalized spacial score (nSPS) is 10.6. The summed E-state index contributed by atoms with van der Waals surface area (Å²) >= 11 is 3.50. The van der Waals surface area contributed by atoms with E-state index in [1.165, 1.54) is 6.07 Å². The molecule has 0 spiro atoms. The smallest absolute Gasteiger partial charge is 0.337 e. The number of carboxylic acid groups (broad SMARTS) is 1. The van der Waals surface area contributed by atoms with E-state index in [-0.39, 0.29) is 23.8 Å². The molecule has 0 aromatic heterocycles. The van der Waals surface area contributed by atoms with E-state index in [1.54, 1.807) is 18.2 Å². The van der Waals surface area contributed by atoms with Crippen LogP contribution < -0.4 is 10.1 Å². The summed E-state index contributed by atoms with van der Waals surface area (Å²) in [5, 5.41) is 11.7. The summed E-state index contributed by atoms with van der Waals surface area (Å²) in [5.41, 5.74) is 2.30. The van der Waals surface area contributed by atoms with Gasteiger partial charge in [-0.15, -0.1) is 0 Å². The van der Waals surface area contributed by atoms with Gasteiger partial charge in [0.25, 0.3) is 5.91 Å². The van der Waals surface area contributed by atoms with Crippen LogP contribution in [-0.2, 0) is 4.79 Å². The second-order valence-electron chi connectivity index (χ2n) is 5.98. The third kappa shape index (κ3) is 4.82. The number of aryl methyl sites for hydroxylation is 1. The number of benzene rings is 2. The molecule has 0 atom stereocenters. The van der Waals surface area contributed by atoms with Gasteiger partial charge < -0.3 is 15.2 Å². The number of anilines is 1. The molecule has 0 saturated heterocycles. The van der Waals surface area contributed by atoms with Crippen molar-refractivity contribution in [1.82, 2.24) is 0 Å². The minimum atomic E-state index is -1.09. The molecule has 6 heteroatoms. The van der Waals surface area contributed by atoms with Gasteiger partial charge >= 0.3 is 5.97 Å². The van der Waals surface area contributed by atoms with E-state index in [1.807, 2.05) is 32.9 Å². The van der Waals surface area contributed by atoms with Crippen LogP contribution in [0.3, 0.4) is 0 Å². The van der Waals surface area contributed by atoms with E-state index in [2.05, 4.69) is 21.2 Å². The predicted octanol–water partition coefficient (Wildman–Crippen LogP) is 4.60. The molecule has 0 radical (unpaired) electrons. The number of nitrogens with one attached hydrogen (secondary N) is 1. The van der Waals surface area contributed by atoms with Crippen molar-refractivity contribution in [3.63, 3.8) is 0 Å². The first-order valence-electron chi connectivity index (χ1n) is 7.84. The standard InChI is InChI=1S/C19H20BrNO4/c1-11(2)14-9-15(20)12(3)8-17(14)25-10-18(22)21-16-7-5-4-6-13(16)19(23)24/h4-9,11H,10H2,1-3H3,(H,21,22)(H,23,24). The van der Waals surface area contributed by atoms with Crippen LogP contribution in [0.1, 0.15) is 41.3 Å². The highest BCUT2D eigenvalue weighted by Gasteiger charge is 2.14. The summed E-state index contributed by atoms with van der Waals surface area (Å²) < 4.78 is 6.68. The molecule has 0 aliphatic heterocycles. The van der Waals surface area contributed by atoms with Crippen LogP contribution in [0.15, 0.2) is 40.9 Å². The van der Waals surface area contributed by atoms with Gasteiger partial charge in [-0.05, 0) is 48.2 Å². The minimum Gasteiger partial charge on any atom is -0.483 e. The lowest BCUT2D eigenvalue weighted by Gasteiger charge is -2.16. The first kappa shape index (κ1) is 19.0. The Morgan fingerprint density at radius 1 is 1.24 bits per heavy atom. The Kier molecular flexibility index (Phi) is 6.20. The first-order chi connectivity index (χ1) is 11.8. The Morgan fingerprint density at radius 2 is 1.92 bits per heavy atom. The summed E-state index contributed by atoms with van der Waals surface area (Å²) in [6.45, 7) is 5.85. The highest BCUT2D eigenvalue weighted by molar-refractivity contribution is 9.10. The number of rotatable bonds is 6. The molecule has 5 nitrogen and oxygen atoms in total. The first-order valence-corrected chi connectivity index (χ1v) is 8.64. The van der Waals surface area contributed by atoms with Crippen molar-refractivity contribution in [2.45, 2.75) is 26.7 Å². The fourth-order valence-corrected chi connectivity index (χ4v) is 2.72. The van der Waals surface area contributed by atoms with E-state index in [9.17, 15) is 9.59 Å². The molecule has 132 valence electrons. The largest absolute Gasteiger partial charge is 0.483 e. The summed E-state index contributed by atoms with van der Waals surface area (Å²) in [5.74, 6) is -0.619. The van der Waals surface area contributed by atoms with Gasteiger partial charge in [-0.1, -0.05) is 41.9 Å². The van der Waals surface area contributed by atoms with Crippen LogP contribution in [0.4, 0.5) is 5.69 Å². The molecule has 25 heavy (non-hydrogen) atoms. The maximum Gasteiger partial charge on any atom is 0.337 e. The lowest BCUT2D eigenvalue weighted by molar-refractivity contribution is -0.118. The second-order valence-corrected chi connectivity index (χ2v) is 6.84. The second kappa shape index (κ2) is 8.16. The zero-order valence-corrected chi connectivity index (χ0v) is 15.9. The van der Waals surface area contributed by atoms with Crippen LogP contribution in [0, 0.1) is 6.92 Å². The van der Waals surface area contributed by atoms with Gasteiger partial charge in [0.2, 0.25) is 0 Å². The molecule has 2 N–H and O–H groups in total. The number of hydrogen-bond acceptors (Lipinski definition) is 3. The summed E-state index contributed by atoms with van der Waals surface area (Å²) in [7, 11) is 0. The molecule has 0 aliphatic carbocycles. The van der Waals surface area contributed by atoms with Crippen molar-refractivity contribution in [2.75, 3.05) is 11.9 Å². The van der Waals surface area contributed by atoms with Crippen LogP contribution in [0.5, 0.6) is 5.75 Å². The quantitative estimate of drug-likeness (QED) is 0.736. The number of halogens is 1. The van der Waals surface area contributed by atoms with Crippen molar-refractivity contribution >= 4 is 33.5 Å². The Morgan fingerprint density at radius 3 is 2.56 bits per heavy atom. The molecular formula is C19H20BrNO4. The molecule has 2 rings (SSSR count). The molecule has 0 unspecified atom stereocenters. The Bertz CT molecular complexity index is 802. The molecule has 0 saturated carbocycles. The molecule has 0 heterocycles. The predicted molar refractivity (Wildman–Crippen MR) is 100 cm³/mol. The van der Waals surface area contributed by atoms with Crippen LogP contribution >= 0.6 is 15.9 Å². The summed E-state index contributed by atoms with van der Waals surface area (Å²) in [4.78, 5) is 23.3. The zero-order chi connectivity index (χ0) is 18.6. The van der Waals surface area contributed by atoms with Gasteiger partial charge in [0.05, 0.1) is 11.3 Å². The van der Waals surface area contributed by atoms with E-state index >= 15 is 0 Å². The van der Waals surface area contributed by atoms with Gasteiger partial charge in [0.15, 0.2) is 6.61 Å². The summed E-state index contributed by atoms with van der Waals surface area (Å²) in [6, 6.07) is 10.1. The molecular weight excluding hydrogens is 386 g/mol. The SMILES string of the molecule is Cc1cc(OCC(=O)Nc2ccccc2C(=O)O)c(C(C)C)cc1Br. The van der Waals surface area contributed by atoms with Crippen molar-refractivity contribution < 1.29 is 19.4 Å². The fourth-order valence-electron chi connectivity index (χ4n) is 2.35. The average molecular weight is 406 g/mol. The van der Waals surface area contributed by atoms with E-state index in [0.717, 1.165) is 15.6 Å². The number of carboxylic acids is 1. The van der Waals surface area contributed by atoms with E-state index in [4.69, 9.17) is 9.84 Å². The van der Waals surface area contributed by atoms with Crippen molar-refractivity contribution in [3.05, 3.63) is 57.6 Å². The lowest BCUT2D eigenvalue weighted by Crippen LogP contribution is -2.22. The molecule has 0 fully saturated rings. The van der Waals surface area contributed by atoms with Gasteiger partial charge in [-0.2, -0.15) is 0 Å². The van der Waals surface area contributed by atoms with Crippen molar-refractivity contribution in [1.29, 1.82) is 0 Å². The average Bonchev–Trinajstić information content (AvgIpc) is 2.55. The number of ether oxygens (including phenoxy) is 1. The topological polar surface area (TPSA) is 75.6 Å². The third-order valence-corrected chi connectivity index (χ3v) is 4.56. The van der Waals surface area contributed by atoms with E-state index < -0.39 is 11.9 Å². The number of carbonyl (C=O) groups is 2. The van der Waals surface area contributed by atoms with Crippen LogP contribution in [-0.4, -0.2) is 23.6 Å². The Labute approximate surface area is 155 Å². The number of carbonyl (C=O) groups excluding carboxylic acids is 1. The van der Waals surface area contributed by atoms with Gasteiger partial charge in [0, 0.05) is 4.47 Å². The highest BCUT2D eigenvalue weighted by Crippen LogP contribution is 2.32. The van der Waals surface area contributed by atoms with Crippen LogP contribution in [0.25, 0.3) is 0 Å². The minimum absolute atomic E-state index is 0.0400. The molecule has 0 bridgehead atoms. The molecule has 1 amide bonds. The Balaban J connectivity index is 2.11. The van der Waals surface area contributed by atoms with Crippen molar-refractivity contribution in [2.24, 2.45) is 0 Å². The third-order valence-electron chi connectivity index (χ3n) is 3.70. The molecule has 2 aromatic rings. The maximum absolute atomic E-state index is 12.2. The molecule has 0 aliphatic rings. The number of amides is 1.